The topological polar surface area (TPSA) is 59.2 Å². The Hall–Kier alpha value is -1.41. The van der Waals surface area contributed by atoms with Gasteiger partial charge in [0.05, 0.1) is 11.1 Å². The molecule has 2 rings (SSSR count). The number of alkyl halides is 3. The van der Waals surface area contributed by atoms with Crippen LogP contribution in [0.4, 0.5) is 13.2 Å². The molecule has 4 nitrogen and oxygen atoms in total. The zero-order chi connectivity index (χ0) is 14.9. The highest BCUT2D eigenvalue weighted by Gasteiger charge is 2.35. The van der Waals surface area contributed by atoms with E-state index >= 15 is 0 Å². The third-order valence-electron chi connectivity index (χ3n) is 2.64. The molecule has 0 aliphatic rings. The number of aliphatic hydroxyl groups excluding tert-OH is 1. The molecule has 1 aromatic heterocycles. The summed E-state index contributed by atoms with van der Waals surface area (Å²) in [5.41, 5.74) is -1.10. The maximum absolute atomic E-state index is 13.0. The lowest BCUT2D eigenvalue weighted by atomic mass is 10.1. The van der Waals surface area contributed by atoms with Gasteiger partial charge in [-0.3, -0.25) is 0 Å². The van der Waals surface area contributed by atoms with E-state index in [4.69, 9.17) is 4.52 Å². The first-order valence-electron chi connectivity index (χ1n) is 5.71. The Labute approximate surface area is 120 Å². The van der Waals surface area contributed by atoms with Crippen LogP contribution in [0.1, 0.15) is 30.8 Å². The van der Waals surface area contributed by atoms with Crippen LogP contribution < -0.4 is 0 Å². The van der Waals surface area contributed by atoms with Crippen LogP contribution in [-0.2, 0) is 6.18 Å². The van der Waals surface area contributed by atoms with E-state index in [9.17, 15) is 18.3 Å². The smallest absolute Gasteiger partial charge is 0.385 e. The molecule has 0 saturated heterocycles. The van der Waals surface area contributed by atoms with Crippen molar-refractivity contribution in [2.24, 2.45) is 0 Å². The van der Waals surface area contributed by atoms with E-state index in [1.54, 1.807) is 6.92 Å². The van der Waals surface area contributed by atoms with Crippen LogP contribution in [0.5, 0.6) is 0 Å². The number of aliphatic hydroxyl groups is 1. The molecule has 0 bridgehead atoms. The van der Waals surface area contributed by atoms with Gasteiger partial charge in [-0.05, 0) is 24.6 Å². The summed E-state index contributed by atoms with van der Waals surface area (Å²) in [4.78, 5) is 3.81. The predicted molar refractivity (Wildman–Crippen MR) is 67.7 cm³/mol. The average molecular weight is 351 g/mol. The van der Waals surface area contributed by atoms with Crippen LogP contribution in [0, 0.1) is 0 Å². The molecule has 1 atom stereocenters. The fourth-order valence-electron chi connectivity index (χ4n) is 1.60. The van der Waals surface area contributed by atoms with E-state index in [0.29, 0.717) is 10.9 Å². The molecule has 1 N–H and O–H groups in total. The lowest BCUT2D eigenvalue weighted by molar-refractivity contribution is -0.137. The van der Waals surface area contributed by atoms with Crippen LogP contribution in [0.2, 0.25) is 0 Å². The molecule has 8 heteroatoms. The minimum absolute atomic E-state index is 0.0291. The third kappa shape index (κ3) is 3.01. The lowest BCUT2D eigenvalue weighted by Gasteiger charge is -2.10. The summed E-state index contributed by atoms with van der Waals surface area (Å²) < 4.78 is 44.1. The summed E-state index contributed by atoms with van der Waals surface area (Å²) in [7, 11) is 0. The maximum atomic E-state index is 13.0. The van der Waals surface area contributed by atoms with E-state index in [1.807, 2.05) is 0 Å². The minimum Gasteiger partial charge on any atom is -0.385 e. The second-order valence-corrected chi connectivity index (χ2v) is 4.99. The molecule has 0 amide bonds. The van der Waals surface area contributed by atoms with Crippen molar-refractivity contribution in [3.63, 3.8) is 0 Å². The first kappa shape index (κ1) is 15.0. The molecule has 1 heterocycles. The number of hydrogen-bond acceptors (Lipinski definition) is 4. The Balaban J connectivity index is 2.50. The predicted octanol–water partition coefficient (Wildman–Crippen LogP) is 3.96. The second-order valence-electron chi connectivity index (χ2n) is 4.07. The number of halogens is 4. The lowest BCUT2D eigenvalue weighted by Crippen LogP contribution is -2.07. The molecular weight excluding hydrogens is 341 g/mol. The van der Waals surface area contributed by atoms with E-state index < -0.39 is 17.8 Å². The highest BCUT2D eigenvalue weighted by Crippen LogP contribution is 2.38. The summed E-state index contributed by atoms with van der Waals surface area (Å²) in [5, 5.41) is 13.0. The summed E-state index contributed by atoms with van der Waals surface area (Å²) in [6.45, 7) is 1.70. The summed E-state index contributed by atoms with van der Waals surface area (Å²) >= 11 is 2.99. The van der Waals surface area contributed by atoms with Gasteiger partial charge in [0, 0.05) is 4.47 Å². The summed E-state index contributed by atoms with van der Waals surface area (Å²) in [6, 6.07) is 3.63. The van der Waals surface area contributed by atoms with Gasteiger partial charge in [-0.15, -0.1) is 0 Å². The Morgan fingerprint density at radius 1 is 1.40 bits per heavy atom. The summed E-state index contributed by atoms with van der Waals surface area (Å²) in [5.74, 6) is -0.300. The molecule has 0 radical (unpaired) electrons. The highest BCUT2D eigenvalue weighted by atomic mass is 79.9. The van der Waals surface area contributed by atoms with Crippen LogP contribution in [-0.4, -0.2) is 15.2 Å². The average Bonchev–Trinajstić information content (AvgIpc) is 2.86. The zero-order valence-corrected chi connectivity index (χ0v) is 11.9. The van der Waals surface area contributed by atoms with Gasteiger partial charge in [0.15, 0.2) is 0 Å². The maximum Gasteiger partial charge on any atom is 0.417 e. The first-order chi connectivity index (χ1) is 9.32. The van der Waals surface area contributed by atoms with Gasteiger partial charge in [-0.1, -0.05) is 28.0 Å². The zero-order valence-electron chi connectivity index (χ0n) is 10.3. The van der Waals surface area contributed by atoms with Gasteiger partial charge in [-0.2, -0.15) is 18.2 Å². The molecule has 0 fully saturated rings. The van der Waals surface area contributed by atoms with Gasteiger partial charge >= 0.3 is 6.18 Å². The second kappa shape index (κ2) is 5.53. The minimum atomic E-state index is -4.54. The van der Waals surface area contributed by atoms with E-state index in [1.165, 1.54) is 12.1 Å². The fraction of sp³-hybridized carbons (Fsp3) is 0.333. The molecule has 1 aromatic carbocycles. The van der Waals surface area contributed by atoms with Crippen LogP contribution in [0.3, 0.4) is 0 Å². The largest absolute Gasteiger partial charge is 0.417 e. The SMILES string of the molecule is CCC(O)c1noc(-c2ccc(Br)cc2C(F)(F)F)n1. The van der Waals surface area contributed by atoms with Gasteiger partial charge in [0.2, 0.25) is 5.82 Å². The van der Waals surface area contributed by atoms with Crippen molar-refractivity contribution in [1.29, 1.82) is 0 Å². The molecule has 0 aliphatic carbocycles. The monoisotopic (exact) mass is 350 g/mol. The van der Waals surface area contributed by atoms with Crippen LogP contribution in [0.25, 0.3) is 11.5 Å². The Kier molecular flexibility index (Phi) is 4.14. The number of hydrogen-bond donors (Lipinski definition) is 1. The molecule has 0 aliphatic heterocycles. The molecule has 108 valence electrons. The third-order valence-corrected chi connectivity index (χ3v) is 3.14. The van der Waals surface area contributed by atoms with Crippen molar-refractivity contribution in [1.82, 2.24) is 10.1 Å². The van der Waals surface area contributed by atoms with Gasteiger partial charge in [-0.25, -0.2) is 0 Å². The first-order valence-corrected chi connectivity index (χ1v) is 6.51. The van der Waals surface area contributed by atoms with Crippen molar-refractivity contribution in [3.8, 4) is 11.5 Å². The van der Waals surface area contributed by atoms with E-state index in [-0.39, 0.29) is 17.3 Å². The van der Waals surface area contributed by atoms with Gasteiger partial charge in [0.1, 0.15) is 6.10 Å². The Morgan fingerprint density at radius 3 is 2.70 bits per heavy atom. The van der Waals surface area contributed by atoms with Crippen molar-refractivity contribution in [2.75, 3.05) is 0 Å². The molecule has 0 spiro atoms. The van der Waals surface area contributed by atoms with E-state index in [0.717, 1.165) is 6.07 Å². The molecule has 20 heavy (non-hydrogen) atoms. The Morgan fingerprint density at radius 2 is 2.10 bits per heavy atom. The number of rotatable bonds is 3. The van der Waals surface area contributed by atoms with E-state index in [2.05, 4.69) is 26.1 Å². The van der Waals surface area contributed by atoms with Crippen molar-refractivity contribution in [2.45, 2.75) is 25.6 Å². The standard InChI is InChI=1S/C12H10BrF3N2O2/c1-2-9(19)10-17-11(20-18-10)7-4-3-6(13)5-8(7)12(14,15)16/h3-5,9,19H,2H2,1H3. The quantitative estimate of drug-likeness (QED) is 0.909. The Bertz CT molecular complexity index is 613. The van der Waals surface area contributed by atoms with Crippen molar-refractivity contribution < 1.29 is 22.8 Å². The molecule has 2 aromatic rings. The normalized spacial score (nSPS) is 13.5. The molecule has 0 saturated carbocycles. The highest BCUT2D eigenvalue weighted by molar-refractivity contribution is 9.10. The number of aromatic nitrogens is 2. The summed E-state index contributed by atoms with van der Waals surface area (Å²) in [6.07, 6.45) is -5.17. The number of benzene rings is 1. The van der Waals surface area contributed by atoms with Gasteiger partial charge < -0.3 is 9.63 Å². The van der Waals surface area contributed by atoms with Crippen molar-refractivity contribution >= 4 is 15.9 Å². The molecule has 1 unspecified atom stereocenters. The van der Waals surface area contributed by atoms with Crippen LogP contribution in [0.15, 0.2) is 27.2 Å². The number of nitrogens with zero attached hydrogens (tertiary/aromatic N) is 2. The van der Waals surface area contributed by atoms with Crippen molar-refractivity contribution in [3.05, 3.63) is 34.1 Å². The fourth-order valence-corrected chi connectivity index (χ4v) is 1.96. The molecular formula is C12H10BrF3N2O2. The van der Waals surface area contributed by atoms with Crippen LogP contribution >= 0.6 is 15.9 Å². The van der Waals surface area contributed by atoms with Gasteiger partial charge in [0.25, 0.3) is 5.89 Å².